The number of anilines is 2. The second kappa shape index (κ2) is 9.31. The highest BCUT2D eigenvalue weighted by Crippen LogP contribution is 2.24. The summed E-state index contributed by atoms with van der Waals surface area (Å²) in [5.41, 5.74) is 3.22. The van der Waals surface area contributed by atoms with Gasteiger partial charge >= 0.3 is 6.03 Å². The van der Waals surface area contributed by atoms with Crippen molar-refractivity contribution in [2.75, 3.05) is 74.2 Å². The van der Waals surface area contributed by atoms with Crippen LogP contribution in [-0.2, 0) is 4.74 Å². The lowest BCUT2D eigenvalue weighted by Crippen LogP contribution is -2.42. The number of hydrogen-bond acceptors (Lipinski definition) is 5. The van der Waals surface area contributed by atoms with Crippen LogP contribution in [0.1, 0.15) is 5.56 Å². The molecule has 0 aromatic heterocycles. The zero-order valence-electron chi connectivity index (χ0n) is 14.9. The number of rotatable bonds is 5. The molecule has 1 aromatic rings. The number of thioether (sulfide) groups is 1. The Bertz CT molecular complexity index is 572. The number of morpholine rings is 1. The van der Waals surface area contributed by atoms with Gasteiger partial charge in [0.15, 0.2) is 0 Å². The highest BCUT2D eigenvalue weighted by molar-refractivity contribution is 7.99. The lowest BCUT2D eigenvalue weighted by Gasteiger charge is -2.29. The Morgan fingerprint density at radius 3 is 2.68 bits per heavy atom. The van der Waals surface area contributed by atoms with Crippen molar-refractivity contribution in [2.24, 2.45) is 0 Å². The lowest BCUT2D eigenvalue weighted by molar-refractivity contribution is 0.0388. The minimum atomic E-state index is -0.140. The van der Waals surface area contributed by atoms with Crippen LogP contribution in [0, 0.1) is 6.92 Å². The Kier molecular flexibility index (Phi) is 6.84. The Hall–Kier alpha value is -1.44. The van der Waals surface area contributed by atoms with Crippen LogP contribution in [-0.4, -0.2) is 74.9 Å². The number of carbonyl (C=O) groups is 1. The number of ether oxygens (including phenoxy) is 1. The standard InChI is InChI=1S/C18H28N4O2S/c1-15-14-16(22-8-12-25-13-9-22)2-3-17(15)20-18(23)19-4-5-21-6-10-24-11-7-21/h2-3,14H,4-13H2,1H3,(H2,19,20,23). The van der Waals surface area contributed by atoms with Gasteiger partial charge in [-0.15, -0.1) is 0 Å². The minimum Gasteiger partial charge on any atom is -0.379 e. The number of nitrogens with one attached hydrogen (secondary N) is 2. The topological polar surface area (TPSA) is 56.8 Å². The van der Waals surface area contributed by atoms with Gasteiger partial charge in [-0.05, 0) is 30.7 Å². The third kappa shape index (κ3) is 5.52. The molecular weight excluding hydrogens is 336 g/mol. The highest BCUT2D eigenvalue weighted by atomic mass is 32.2. The van der Waals surface area contributed by atoms with Gasteiger partial charge in [-0.25, -0.2) is 4.79 Å². The van der Waals surface area contributed by atoms with Crippen molar-refractivity contribution in [3.05, 3.63) is 23.8 Å². The number of hydrogen-bond donors (Lipinski definition) is 2. The van der Waals surface area contributed by atoms with Crippen LogP contribution in [0.3, 0.4) is 0 Å². The molecule has 6 nitrogen and oxygen atoms in total. The van der Waals surface area contributed by atoms with Crippen molar-refractivity contribution >= 4 is 29.2 Å². The van der Waals surface area contributed by atoms with E-state index < -0.39 is 0 Å². The molecule has 7 heteroatoms. The Balaban J connectivity index is 1.45. The quantitative estimate of drug-likeness (QED) is 0.837. The maximum absolute atomic E-state index is 12.1. The SMILES string of the molecule is Cc1cc(N2CCSCC2)ccc1NC(=O)NCCN1CCOCC1. The van der Waals surface area contributed by atoms with Crippen LogP contribution >= 0.6 is 11.8 Å². The van der Waals surface area contributed by atoms with Crippen LogP contribution in [0.5, 0.6) is 0 Å². The fraction of sp³-hybridized carbons (Fsp3) is 0.611. The molecule has 0 unspecified atom stereocenters. The zero-order valence-corrected chi connectivity index (χ0v) is 15.7. The summed E-state index contributed by atoms with van der Waals surface area (Å²) >= 11 is 2.01. The van der Waals surface area contributed by atoms with Crippen LogP contribution in [0.15, 0.2) is 18.2 Å². The van der Waals surface area contributed by atoms with Gasteiger partial charge in [0.05, 0.1) is 13.2 Å². The van der Waals surface area contributed by atoms with Crippen LogP contribution in [0.25, 0.3) is 0 Å². The van der Waals surface area contributed by atoms with E-state index >= 15 is 0 Å². The Labute approximate surface area is 154 Å². The summed E-state index contributed by atoms with van der Waals surface area (Å²) in [6, 6.07) is 6.14. The van der Waals surface area contributed by atoms with Crippen molar-refractivity contribution in [3.8, 4) is 0 Å². The van der Waals surface area contributed by atoms with E-state index in [-0.39, 0.29) is 6.03 Å². The van der Waals surface area contributed by atoms with Crippen molar-refractivity contribution in [1.82, 2.24) is 10.2 Å². The molecule has 0 spiro atoms. The van der Waals surface area contributed by atoms with Gasteiger partial charge in [-0.1, -0.05) is 0 Å². The van der Waals surface area contributed by atoms with E-state index in [0.717, 1.165) is 57.2 Å². The Morgan fingerprint density at radius 2 is 1.96 bits per heavy atom. The van der Waals surface area contributed by atoms with Gasteiger partial charge in [-0.3, -0.25) is 4.90 Å². The molecule has 2 N–H and O–H groups in total. The summed E-state index contributed by atoms with van der Waals surface area (Å²) in [6.07, 6.45) is 0. The molecule has 1 aromatic carbocycles. The molecule has 3 rings (SSSR count). The summed E-state index contributed by atoms with van der Waals surface area (Å²) in [4.78, 5) is 16.8. The number of amides is 2. The number of benzene rings is 1. The van der Waals surface area contributed by atoms with Crippen LogP contribution in [0.4, 0.5) is 16.2 Å². The van der Waals surface area contributed by atoms with Gasteiger partial charge in [-0.2, -0.15) is 11.8 Å². The molecule has 0 saturated carbocycles. The van der Waals surface area contributed by atoms with Gasteiger partial charge in [0.1, 0.15) is 0 Å². The van der Waals surface area contributed by atoms with Gasteiger partial charge in [0.25, 0.3) is 0 Å². The molecular formula is C18H28N4O2S. The molecule has 2 aliphatic heterocycles. The van der Waals surface area contributed by atoms with Crippen molar-refractivity contribution in [2.45, 2.75) is 6.92 Å². The van der Waals surface area contributed by atoms with Gasteiger partial charge in [0, 0.05) is 62.1 Å². The monoisotopic (exact) mass is 364 g/mol. The van der Waals surface area contributed by atoms with E-state index in [9.17, 15) is 4.79 Å². The number of carbonyl (C=O) groups excluding carboxylic acids is 1. The van der Waals surface area contributed by atoms with E-state index in [4.69, 9.17) is 4.74 Å². The molecule has 25 heavy (non-hydrogen) atoms. The fourth-order valence-corrected chi connectivity index (χ4v) is 4.03. The summed E-state index contributed by atoms with van der Waals surface area (Å²) < 4.78 is 5.33. The summed E-state index contributed by atoms with van der Waals surface area (Å²) in [6.45, 7) is 9.21. The van der Waals surface area contributed by atoms with E-state index in [0.29, 0.717) is 6.54 Å². The van der Waals surface area contributed by atoms with E-state index in [1.165, 1.54) is 17.2 Å². The second-order valence-electron chi connectivity index (χ2n) is 6.43. The first-order valence-corrected chi connectivity index (χ1v) is 10.2. The van der Waals surface area contributed by atoms with Crippen LogP contribution < -0.4 is 15.5 Å². The molecule has 2 amide bonds. The van der Waals surface area contributed by atoms with E-state index in [2.05, 4.69) is 32.6 Å². The highest BCUT2D eigenvalue weighted by Gasteiger charge is 2.13. The van der Waals surface area contributed by atoms with E-state index in [1.807, 2.05) is 24.8 Å². The average Bonchev–Trinajstić information content (AvgIpc) is 2.65. The summed E-state index contributed by atoms with van der Waals surface area (Å²) in [5, 5.41) is 5.90. The normalized spacial score (nSPS) is 18.8. The minimum absolute atomic E-state index is 0.140. The van der Waals surface area contributed by atoms with Crippen molar-refractivity contribution in [3.63, 3.8) is 0 Å². The Morgan fingerprint density at radius 1 is 1.20 bits per heavy atom. The molecule has 2 fully saturated rings. The predicted octanol–water partition coefficient (Wildman–Crippen LogP) is 2.00. The molecule has 2 saturated heterocycles. The maximum atomic E-state index is 12.1. The smallest absolute Gasteiger partial charge is 0.319 e. The van der Waals surface area contributed by atoms with Crippen molar-refractivity contribution < 1.29 is 9.53 Å². The molecule has 0 bridgehead atoms. The van der Waals surface area contributed by atoms with Crippen LogP contribution in [0.2, 0.25) is 0 Å². The summed E-state index contributed by atoms with van der Waals surface area (Å²) in [5.74, 6) is 2.37. The van der Waals surface area contributed by atoms with Crippen molar-refractivity contribution in [1.29, 1.82) is 0 Å². The number of aryl methyl sites for hydroxylation is 1. The third-order valence-electron chi connectivity index (χ3n) is 4.65. The summed E-state index contributed by atoms with van der Waals surface area (Å²) in [7, 11) is 0. The molecule has 2 aliphatic rings. The molecule has 2 heterocycles. The zero-order chi connectivity index (χ0) is 17.5. The largest absolute Gasteiger partial charge is 0.379 e. The first-order valence-electron chi connectivity index (χ1n) is 9.01. The predicted molar refractivity (Wildman–Crippen MR) is 105 cm³/mol. The molecule has 0 atom stereocenters. The van der Waals surface area contributed by atoms with E-state index in [1.54, 1.807) is 0 Å². The second-order valence-corrected chi connectivity index (χ2v) is 7.66. The molecule has 0 aliphatic carbocycles. The number of nitrogens with zero attached hydrogens (tertiary/aromatic N) is 2. The molecule has 0 radical (unpaired) electrons. The fourth-order valence-electron chi connectivity index (χ4n) is 3.13. The average molecular weight is 365 g/mol. The first kappa shape index (κ1) is 18.4. The number of urea groups is 1. The maximum Gasteiger partial charge on any atom is 0.319 e. The third-order valence-corrected chi connectivity index (χ3v) is 5.59. The lowest BCUT2D eigenvalue weighted by atomic mass is 10.1. The van der Waals surface area contributed by atoms with Gasteiger partial charge in [0.2, 0.25) is 0 Å². The van der Waals surface area contributed by atoms with Gasteiger partial charge < -0.3 is 20.3 Å². The first-order chi connectivity index (χ1) is 12.2. The molecule has 138 valence electrons.